The van der Waals surface area contributed by atoms with Crippen LogP contribution in [0, 0.1) is 0 Å². The minimum atomic E-state index is -0.666. The van der Waals surface area contributed by atoms with Gasteiger partial charge in [-0.3, -0.25) is 4.79 Å². The van der Waals surface area contributed by atoms with E-state index in [9.17, 15) is 4.79 Å². The van der Waals surface area contributed by atoms with Gasteiger partial charge in [-0.05, 0) is 27.2 Å². The van der Waals surface area contributed by atoms with Gasteiger partial charge in [-0.25, -0.2) is 0 Å². The highest BCUT2D eigenvalue weighted by atomic mass is 16.5. The molecule has 6 heteroatoms. The number of hydrogen-bond acceptors (Lipinski definition) is 5. The summed E-state index contributed by atoms with van der Waals surface area (Å²) in [5, 5.41) is 25.9. The van der Waals surface area contributed by atoms with Gasteiger partial charge in [-0.2, -0.15) is 0 Å². The van der Waals surface area contributed by atoms with E-state index in [1.54, 1.807) is 13.8 Å². The van der Waals surface area contributed by atoms with Gasteiger partial charge in [0, 0.05) is 6.42 Å². The molecule has 24 heavy (non-hydrogen) atoms. The molecule has 3 N–H and O–H groups in total. The van der Waals surface area contributed by atoms with E-state index in [2.05, 4.69) is 6.92 Å². The maximum absolute atomic E-state index is 10.1. The van der Waals surface area contributed by atoms with Crippen LogP contribution in [0.1, 0.15) is 72.6 Å². The lowest BCUT2D eigenvalue weighted by molar-refractivity contribution is -0.137. The predicted octanol–water partition coefficient (Wildman–Crippen LogP) is 2.99. The summed E-state index contributed by atoms with van der Waals surface area (Å²) in [7, 11) is 0. The molecular formula is C18H38O6. The largest absolute Gasteiger partial charge is 0.481 e. The fourth-order valence-electron chi connectivity index (χ4n) is 1.76. The lowest BCUT2D eigenvalue weighted by atomic mass is 10.1. The molecule has 0 aliphatic heterocycles. The summed E-state index contributed by atoms with van der Waals surface area (Å²) in [6, 6.07) is 0. The highest BCUT2D eigenvalue weighted by molar-refractivity contribution is 5.66. The molecule has 0 aromatic carbocycles. The van der Waals surface area contributed by atoms with Crippen molar-refractivity contribution in [2.24, 2.45) is 0 Å². The molecule has 146 valence electrons. The number of carbonyl (C=O) groups is 1. The van der Waals surface area contributed by atoms with Gasteiger partial charge in [-0.1, -0.05) is 39.0 Å². The van der Waals surface area contributed by atoms with Gasteiger partial charge in [0.2, 0.25) is 0 Å². The van der Waals surface area contributed by atoms with Gasteiger partial charge in [0.25, 0.3) is 0 Å². The zero-order valence-corrected chi connectivity index (χ0v) is 15.9. The van der Waals surface area contributed by atoms with E-state index in [4.69, 9.17) is 24.8 Å². The first-order chi connectivity index (χ1) is 11.3. The van der Waals surface area contributed by atoms with Crippen LogP contribution >= 0.6 is 0 Å². The summed E-state index contributed by atoms with van der Waals surface area (Å²) in [6.45, 7) is 8.28. The van der Waals surface area contributed by atoms with Gasteiger partial charge in [0.05, 0.1) is 38.1 Å². The summed E-state index contributed by atoms with van der Waals surface area (Å²) >= 11 is 0. The molecule has 0 bridgehead atoms. The van der Waals surface area contributed by atoms with Gasteiger partial charge >= 0.3 is 5.97 Å². The molecule has 0 saturated heterocycles. The van der Waals surface area contributed by atoms with Crippen LogP contribution in [0.3, 0.4) is 0 Å². The third-order valence-electron chi connectivity index (χ3n) is 3.24. The first kappa shape index (κ1) is 25.5. The zero-order chi connectivity index (χ0) is 18.8. The summed E-state index contributed by atoms with van der Waals surface area (Å²) < 4.78 is 10.5. The summed E-state index contributed by atoms with van der Waals surface area (Å²) in [5.74, 6) is -0.666. The van der Waals surface area contributed by atoms with Crippen LogP contribution in [0.4, 0.5) is 0 Å². The van der Waals surface area contributed by atoms with Crippen molar-refractivity contribution in [1.82, 2.24) is 0 Å². The van der Waals surface area contributed by atoms with E-state index in [0.29, 0.717) is 19.6 Å². The van der Waals surface area contributed by atoms with Crippen LogP contribution in [0.25, 0.3) is 0 Å². The highest BCUT2D eigenvalue weighted by Gasteiger charge is 2.07. The molecule has 0 aromatic heterocycles. The molecule has 0 radical (unpaired) electrons. The van der Waals surface area contributed by atoms with Crippen LogP contribution in [0.5, 0.6) is 0 Å². The van der Waals surface area contributed by atoms with E-state index in [1.165, 1.54) is 25.7 Å². The lowest BCUT2D eigenvalue weighted by Crippen LogP contribution is -2.24. The number of aliphatic carboxylic acids is 1. The minimum Gasteiger partial charge on any atom is -0.481 e. The molecule has 0 amide bonds. The Bertz CT molecular complexity index is 270. The predicted molar refractivity (Wildman–Crippen MR) is 95.2 cm³/mol. The zero-order valence-electron chi connectivity index (χ0n) is 15.9. The summed E-state index contributed by atoms with van der Waals surface area (Å²) in [5.41, 5.74) is 0. The second-order valence-electron chi connectivity index (χ2n) is 6.23. The Morgan fingerprint density at radius 2 is 1.46 bits per heavy atom. The number of aliphatic hydroxyl groups is 2. The standard InChI is InChI=1S/C9H20O4.C9H18O2/c1-7(11)5-12-9(3)6-13-8(2)4-10;1-2-3-4-5-6-7-8-9(10)11/h7-11H,4-6H2,1-3H3;2-8H2,1H3,(H,10,11). The Morgan fingerprint density at radius 3 is 1.96 bits per heavy atom. The Balaban J connectivity index is 0. The van der Waals surface area contributed by atoms with Crippen molar-refractivity contribution in [3.05, 3.63) is 0 Å². The normalized spacial score (nSPS) is 14.4. The first-order valence-electron chi connectivity index (χ1n) is 9.07. The lowest BCUT2D eigenvalue weighted by Gasteiger charge is -2.16. The Morgan fingerprint density at radius 1 is 0.917 bits per heavy atom. The molecule has 0 aromatic rings. The Hall–Kier alpha value is -0.690. The van der Waals surface area contributed by atoms with Crippen molar-refractivity contribution < 1.29 is 29.6 Å². The van der Waals surface area contributed by atoms with Crippen molar-refractivity contribution in [3.8, 4) is 0 Å². The molecule has 3 atom stereocenters. The van der Waals surface area contributed by atoms with Crippen LogP contribution < -0.4 is 0 Å². The fourth-order valence-corrected chi connectivity index (χ4v) is 1.76. The minimum absolute atomic E-state index is 0.0170. The van der Waals surface area contributed by atoms with E-state index in [1.807, 2.05) is 6.92 Å². The van der Waals surface area contributed by atoms with E-state index >= 15 is 0 Å². The number of aliphatic hydroxyl groups excluding tert-OH is 2. The molecule has 0 heterocycles. The second kappa shape index (κ2) is 18.6. The third-order valence-corrected chi connectivity index (χ3v) is 3.24. The topological polar surface area (TPSA) is 96.2 Å². The number of rotatable bonds is 14. The van der Waals surface area contributed by atoms with Crippen molar-refractivity contribution in [3.63, 3.8) is 0 Å². The fraction of sp³-hybridized carbons (Fsp3) is 0.944. The third kappa shape index (κ3) is 23.6. The molecule has 3 unspecified atom stereocenters. The molecule has 0 saturated carbocycles. The van der Waals surface area contributed by atoms with Crippen molar-refractivity contribution >= 4 is 5.97 Å². The number of unbranched alkanes of at least 4 members (excludes halogenated alkanes) is 5. The maximum atomic E-state index is 10.1. The molecule has 0 aliphatic carbocycles. The smallest absolute Gasteiger partial charge is 0.303 e. The molecule has 0 aliphatic rings. The maximum Gasteiger partial charge on any atom is 0.303 e. The molecular weight excluding hydrogens is 312 g/mol. The average Bonchev–Trinajstić information content (AvgIpc) is 2.54. The second-order valence-corrected chi connectivity index (χ2v) is 6.23. The Labute approximate surface area is 147 Å². The molecule has 0 rings (SSSR count). The van der Waals surface area contributed by atoms with Crippen molar-refractivity contribution in [2.45, 2.75) is 91.0 Å². The number of carboxylic acids is 1. The average molecular weight is 350 g/mol. The summed E-state index contributed by atoms with van der Waals surface area (Å²) in [4.78, 5) is 10.1. The van der Waals surface area contributed by atoms with Crippen molar-refractivity contribution in [2.75, 3.05) is 19.8 Å². The van der Waals surface area contributed by atoms with Crippen LogP contribution in [-0.4, -0.2) is 59.4 Å². The SMILES string of the molecule is CC(O)COC(C)COC(C)CO.CCCCCCCCC(=O)O. The molecule has 0 fully saturated rings. The van der Waals surface area contributed by atoms with E-state index in [0.717, 1.165) is 12.8 Å². The van der Waals surface area contributed by atoms with Crippen LogP contribution in [0.15, 0.2) is 0 Å². The van der Waals surface area contributed by atoms with Crippen molar-refractivity contribution in [1.29, 1.82) is 0 Å². The number of ether oxygens (including phenoxy) is 2. The molecule has 0 spiro atoms. The van der Waals surface area contributed by atoms with Gasteiger partial charge < -0.3 is 24.8 Å². The van der Waals surface area contributed by atoms with Crippen LogP contribution in [0.2, 0.25) is 0 Å². The monoisotopic (exact) mass is 350 g/mol. The van der Waals surface area contributed by atoms with Gasteiger partial charge in [0.1, 0.15) is 0 Å². The van der Waals surface area contributed by atoms with Gasteiger partial charge in [-0.15, -0.1) is 0 Å². The molecule has 6 nitrogen and oxygen atoms in total. The quantitative estimate of drug-likeness (QED) is 0.417. The van der Waals surface area contributed by atoms with Crippen LogP contribution in [-0.2, 0) is 14.3 Å². The number of hydrogen-bond donors (Lipinski definition) is 3. The van der Waals surface area contributed by atoms with E-state index in [-0.39, 0.29) is 18.8 Å². The van der Waals surface area contributed by atoms with Gasteiger partial charge in [0.15, 0.2) is 0 Å². The highest BCUT2D eigenvalue weighted by Crippen LogP contribution is 2.06. The number of carboxylic acid groups (broad SMARTS) is 1. The first-order valence-corrected chi connectivity index (χ1v) is 9.07. The van der Waals surface area contributed by atoms with E-state index < -0.39 is 12.1 Å². The Kier molecular flexibility index (Phi) is 19.8. The summed E-state index contributed by atoms with van der Waals surface area (Å²) in [6.07, 6.45) is 6.60.